The molecule has 0 bridgehead atoms. The second-order valence-electron chi connectivity index (χ2n) is 7.43. The molecule has 0 saturated carbocycles. The summed E-state index contributed by atoms with van der Waals surface area (Å²) in [5.41, 5.74) is 8.02. The van der Waals surface area contributed by atoms with Crippen molar-refractivity contribution in [2.45, 2.75) is 19.9 Å². The summed E-state index contributed by atoms with van der Waals surface area (Å²) >= 11 is 5.78. The van der Waals surface area contributed by atoms with E-state index in [4.69, 9.17) is 26.8 Å². The van der Waals surface area contributed by atoms with Gasteiger partial charge in [-0.1, -0.05) is 23.7 Å². The number of esters is 2. The summed E-state index contributed by atoms with van der Waals surface area (Å²) in [5, 5.41) is 11.0. The fraction of sp³-hybridized carbons (Fsp3) is 0.217. The first-order valence-electron chi connectivity index (χ1n) is 10.6. The Morgan fingerprint density at radius 2 is 1.83 bits per heavy atom. The summed E-state index contributed by atoms with van der Waals surface area (Å²) in [6, 6.07) is 10.9. The zero-order valence-electron chi connectivity index (χ0n) is 18.6. The molecule has 180 valence electrons. The molecular weight excluding hydrogens is 478 g/mol. The number of para-hydroxylation sites is 2. The Morgan fingerprint density at radius 1 is 1.11 bits per heavy atom. The van der Waals surface area contributed by atoms with Crippen molar-refractivity contribution in [3.05, 3.63) is 68.7 Å². The van der Waals surface area contributed by atoms with Gasteiger partial charge in [0.15, 0.2) is 5.65 Å². The van der Waals surface area contributed by atoms with Crippen molar-refractivity contribution in [3.63, 3.8) is 0 Å². The van der Waals surface area contributed by atoms with Crippen LogP contribution < -0.4 is 5.73 Å². The molecule has 0 aliphatic heterocycles. The second-order valence-corrected chi connectivity index (χ2v) is 7.84. The monoisotopic (exact) mass is 497 g/mol. The Balaban J connectivity index is 1.55. The number of ether oxygens (including phenoxy) is 2. The average molecular weight is 498 g/mol. The molecule has 4 aromatic rings. The van der Waals surface area contributed by atoms with Crippen LogP contribution in [0.3, 0.4) is 0 Å². The molecular formula is C23H20ClN5O6. The fourth-order valence-corrected chi connectivity index (χ4v) is 3.78. The number of halogens is 1. The number of nitro groups is 1. The number of anilines is 1. The van der Waals surface area contributed by atoms with Crippen LogP contribution in [-0.4, -0.2) is 44.6 Å². The van der Waals surface area contributed by atoms with Gasteiger partial charge in [0, 0.05) is 12.6 Å². The van der Waals surface area contributed by atoms with Crippen LogP contribution in [0.25, 0.3) is 22.2 Å². The number of aryl methyl sites for hydroxylation is 1. The van der Waals surface area contributed by atoms with E-state index in [1.54, 1.807) is 23.6 Å². The van der Waals surface area contributed by atoms with Crippen LogP contribution in [0.15, 0.2) is 42.5 Å². The molecule has 12 heteroatoms. The number of carbonyl (C=O) groups is 2. The number of benzene rings is 2. The first kappa shape index (κ1) is 23.9. The van der Waals surface area contributed by atoms with Gasteiger partial charge in [0.2, 0.25) is 0 Å². The quantitative estimate of drug-likeness (QED) is 0.163. The largest absolute Gasteiger partial charge is 0.462 e. The molecule has 0 amide bonds. The van der Waals surface area contributed by atoms with Crippen molar-refractivity contribution < 1.29 is 24.0 Å². The molecule has 2 aromatic carbocycles. The van der Waals surface area contributed by atoms with Gasteiger partial charge in [-0.15, -0.1) is 0 Å². The van der Waals surface area contributed by atoms with E-state index in [0.717, 1.165) is 6.07 Å². The van der Waals surface area contributed by atoms with Crippen LogP contribution in [0, 0.1) is 10.1 Å². The third kappa shape index (κ3) is 4.71. The molecule has 2 N–H and O–H groups in total. The Kier molecular flexibility index (Phi) is 6.78. The maximum atomic E-state index is 12.6. The van der Waals surface area contributed by atoms with Gasteiger partial charge in [-0.05, 0) is 37.6 Å². The molecule has 0 saturated heterocycles. The molecule has 0 unspecified atom stereocenters. The highest BCUT2D eigenvalue weighted by Crippen LogP contribution is 2.29. The molecule has 11 nitrogen and oxygen atoms in total. The summed E-state index contributed by atoms with van der Waals surface area (Å²) in [6.07, 6.45) is 0.326. The maximum absolute atomic E-state index is 12.6. The van der Waals surface area contributed by atoms with Crippen LogP contribution in [0.2, 0.25) is 5.02 Å². The van der Waals surface area contributed by atoms with E-state index < -0.39 is 16.9 Å². The number of rotatable bonds is 8. The first-order valence-corrected chi connectivity index (χ1v) is 11.0. The van der Waals surface area contributed by atoms with Crippen LogP contribution in [-0.2, 0) is 16.0 Å². The molecule has 2 heterocycles. The molecule has 0 spiro atoms. The summed E-state index contributed by atoms with van der Waals surface area (Å²) in [5.74, 6) is -1.18. The summed E-state index contributed by atoms with van der Waals surface area (Å²) in [6.45, 7) is 2.12. The highest BCUT2D eigenvalue weighted by molar-refractivity contribution is 6.32. The van der Waals surface area contributed by atoms with Gasteiger partial charge in [-0.2, -0.15) is 0 Å². The normalized spacial score (nSPS) is 11.0. The van der Waals surface area contributed by atoms with Gasteiger partial charge in [0.25, 0.3) is 5.69 Å². The van der Waals surface area contributed by atoms with Gasteiger partial charge in [-0.3, -0.25) is 10.1 Å². The summed E-state index contributed by atoms with van der Waals surface area (Å²) < 4.78 is 12.0. The lowest BCUT2D eigenvalue weighted by molar-refractivity contribution is -0.384. The van der Waals surface area contributed by atoms with Crippen molar-refractivity contribution in [2.75, 3.05) is 18.9 Å². The number of hydrogen-bond acceptors (Lipinski definition) is 9. The minimum Gasteiger partial charge on any atom is -0.462 e. The highest BCUT2D eigenvalue weighted by Gasteiger charge is 2.25. The van der Waals surface area contributed by atoms with Crippen LogP contribution >= 0.6 is 11.6 Å². The van der Waals surface area contributed by atoms with Gasteiger partial charge >= 0.3 is 11.9 Å². The molecule has 2 aromatic heterocycles. The van der Waals surface area contributed by atoms with E-state index in [2.05, 4.69) is 9.97 Å². The van der Waals surface area contributed by atoms with E-state index in [0.29, 0.717) is 28.6 Å². The van der Waals surface area contributed by atoms with Crippen LogP contribution in [0.5, 0.6) is 0 Å². The predicted molar refractivity (Wildman–Crippen MR) is 128 cm³/mol. The van der Waals surface area contributed by atoms with Crippen molar-refractivity contribution in [1.29, 1.82) is 0 Å². The topological polar surface area (TPSA) is 152 Å². The van der Waals surface area contributed by atoms with Crippen molar-refractivity contribution >= 4 is 57.2 Å². The maximum Gasteiger partial charge on any atom is 0.344 e. The highest BCUT2D eigenvalue weighted by atomic mass is 35.5. The number of aromatic nitrogens is 3. The molecule has 0 radical (unpaired) electrons. The minimum absolute atomic E-state index is 0.00830. The summed E-state index contributed by atoms with van der Waals surface area (Å²) in [7, 11) is 0. The third-order valence-corrected chi connectivity index (χ3v) is 5.53. The fourth-order valence-electron chi connectivity index (χ4n) is 3.60. The van der Waals surface area contributed by atoms with Gasteiger partial charge in [0.1, 0.15) is 21.9 Å². The van der Waals surface area contributed by atoms with E-state index >= 15 is 0 Å². The molecule has 0 atom stereocenters. The number of hydrogen-bond donors (Lipinski definition) is 1. The van der Waals surface area contributed by atoms with E-state index in [9.17, 15) is 19.7 Å². The lowest BCUT2D eigenvalue weighted by atomic mass is 10.2. The van der Waals surface area contributed by atoms with Gasteiger partial charge in [-0.25, -0.2) is 19.6 Å². The zero-order valence-corrected chi connectivity index (χ0v) is 19.3. The molecule has 4 rings (SSSR count). The van der Waals surface area contributed by atoms with Crippen LogP contribution in [0.1, 0.15) is 34.1 Å². The van der Waals surface area contributed by atoms with E-state index in [1.165, 1.54) is 12.1 Å². The molecule has 0 aliphatic rings. The van der Waals surface area contributed by atoms with Crippen LogP contribution in [0.4, 0.5) is 11.5 Å². The Labute approximate surface area is 203 Å². The van der Waals surface area contributed by atoms with Crippen molar-refractivity contribution in [1.82, 2.24) is 14.5 Å². The Hall–Kier alpha value is -4.25. The van der Waals surface area contributed by atoms with Crippen molar-refractivity contribution in [2.24, 2.45) is 0 Å². The first-order chi connectivity index (χ1) is 16.8. The lowest BCUT2D eigenvalue weighted by Gasteiger charge is -2.09. The number of fused-ring (bicyclic) bond motifs is 2. The Morgan fingerprint density at radius 3 is 2.51 bits per heavy atom. The van der Waals surface area contributed by atoms with Gasteiger partial charge < -0.3 is 19.8 Å². The number of nitrogens with two attached hydrogens (primary N) is 1. The number of nitrogen functional groups attached to an aromatic ring is 1. The standard InChI is InChI=1S/C23H20ClN5O6/c1-2-34-23(31)18-19-21(27-16-7-4-3-6-15(16)26-19)28(20(18)25)10-5-11-35-22(30)13-8-9-14(24)17(12-13)29(32)33/h3-4,6-9,12H,2,5,10-11,25H2,1H3. The zero-order chi connectivity index (χ0) is 25.1. The number of nitrogens with zero attached hydrogens (tertiary/aromatic N) is 4. The molecule has 0 fully saturated rings. The Bertz CT molecular complexity index is 1470. The molecule has 0 aliphatic carbocycles. The van der Waals surface area contributed by atoms with Gasteiger partial charge in [0.05, 0.1) is 34.7 Å². The van der Waals surface area contributed by atoms with E-state index in [1.807, 2.05) is 12.1 Å². The molecule has 35 heavy (non-hydrogen) atoms. The average Bonchev–Trinajstić information content (AvgIpc) is 3.10. The summed E-state index contributed by atoms with van der Waals surface area (Å²) in [4.78, 5) is 44.5. The SMILES string of the molecule is CCOC(=O)c1c(N)n(CCCOC(=O)c2ccc(Cl)c([N+](=O)[O-])c2)c2nc3ccccc3nc12. The smallest absolute Gasteiger partial charge is 0.344 e. The third-order valence-electron chi connectivity index (χ3n) is 5.21. The predicted octanol–water partition coefficient (Wildman–Crippen LogP) is 4.15. The van der Waals surface area contributed by atoms with E-state index in [-0.39, 0.29) is 47.4 Å². The minimum atomic E-state index is -0.729. The number of carbonyl (C=O) groups excluding carboxylic acids is 2. The van der Waals surface area contributed by atoms with Crippen molar-refractivity contribution in [3.8, 4) is 0 Å². The number of nitro benzene ring substituents is 1. The second kappa shape index (κ2) is 9.94. The lowest BCUT2D eigenvalue weighted by Crippen LogP contribution is -2.12.